The highest BCUT2D eigenvalue weighted by molar-refractivity contribution is 7.89. The van der Waals surface area contributed by atoms with E-state index in [2.05, 4.69) is 0 Å². The Balaban J connectivity index is 2.58. The van der Waals surface area contributed by atoms with Crippen LogP contribution in [0.5, 0.6) is 0 Å². The van der Waals surface area contributed by atoms with Crippen molar-refractivity contribution in [1.82, 2.24) is 4.31 Å². The second kappa shape index (κ2) is 7.12. The monoisotopic (exact) mass is 289 g/mol. The molecule has 0 N–H and O–H groups in total. The van der Waals surface area contributed by atoms with E-state index in [-0.39, 0.29) is 5.75 Å². The van der Waals surface area contributed by atoms with Crippen molar-refractivity contribution < 1.29 is 8.42 Å². The maximum absolute atomic E-state index is 12.0. The van der Waals surface area contributed by atoms with Crippen LogP contribution >= 0.6 is 11.6 Å². The zero-order valence-corrected chi connectivity index (χ0v) is 12.5. The number of nitrogens with zero attached hydrogens (tertiary/aromatic N) is 1. The molecule has 0 aliphatic rings. The summed E-state index contributed by atoms with van der Waals surface area (Å²) >= 11 is 5.55. The van der Waals surface area contributed by atoms with Crippen molar-refractivity contribution in [3.8, 4) is 0 Å². The lowest BCUT2D eigenvalue weighted by molar-refractivity contribution is 0.465. The van der Waals surface area contributed by atoms with Crippen LogP contribution in [0.2, 0.25) is 0 Å². The summed E-state index contributed by atoms with van der Waals surface area (Å²) in [6.45, 7) is 2.43. The van der Waals surface area contributed by atoms with E-state index in [1.165, 1.54) is 9.87 Å². The number of sulfonamides is 1. The third-order valence-electron chi connectivity index (χ3n) is 2.79. The van der Waals surface area contributed by atoms with Crippen molar-refractivity contribution in [2.24, 2.45) is 0 Å². The second-order valence-corrected chi connectivity index (χ2v) is 7.03. The number of benzene rings is 1. The van der Waals surface area contributed by atoms with Crippen LogP contribution in [0.1, 0.15) is 24.0 Å². The Hall–Kier alpha value is -0.580. The van der Waals surface area contributed by atoms with Crippen LogP contribution in [0.4, 0.5) is 0 Å². The predicted molar refractivity (Wildman–Crippen MR) is 76.4 cm³/mol. The average molecular weight is 290 g/mol. The summed E-state index contributed by atoms with van der Waals surface area (Å²) in [4.78, 5) is 0. The Morgan fingerprint density at radius 1 is 1.17 bits per heavy atom. The number of aryl methyl sites for hydroxylation is 1. The maximum Gasteiger partial charge on any atom is 0.214 e. The second-order valence-electron chi connectivity index (χ2n) is 4.45. The predicted octanol–water partition coefficient (Wildman–Crippen LogP) is 2.78. The zero-order chi connectivity index (χ0) is 13.6. The Bertz CT molecular complexity index is 456. The average Bonchev–Trinajstić information content (AvgIpc) is 2.32. The van der Waals surface area contributed by atoms with Crippen molar-refractivity contribution >= 4 is 21.6 Å². The van der Waals surface area contributed by atoms with Crippen LogP contribution in [0.15, 0.2) is 24.3 Å². The fourth-order valence-corrected chi connectivity index (χ4v) is 3.00. The van der Waals surface area contributed by atoms with Gasteiger partial charge in [-0.05, 0) is 25.3 Å². The van der Waals surface area contributed by atoms with Crippen molar-refractivity contribution in [2.75, 3.05) is 18.7 Å². The fraction of sp³-hybridized carbons (Fsp3) is 0.538. The quantitative estimate of drug-likeness (QED) is 0.572. The molecule has 1 rings (SSSR count). The molecule has 3 nitrogen and oxygen atoms in total. The lowest BCUT2D eigenvalue weighted by atomic mass is 10.1. The summed E-state index contributed by atoms with van der Waals surface area (Å²) in [5.41, 5.74) is 2.18. The topological polar surface area (TPSA) is 37.4 Å². The standard InChI is InChI=1S/C13H20ClNO2S/c1-12-5-7-13(8-6-12)11-15(2)18(16,17)10-4-3-9-14/h5-8H,3-4,9-11H2,1-2H3. The molecule has 0 amide bonds. The summed E-state index contributed by atoms with van der Waals surface area (Å²) < 4.78 is 25.3. The minimum Gasteiger partial charge on any atom is -0.212 e. The molecule has 0 heterocycles. The van der Waals surface area contributed by atoms with Crippen molar-refractivity contribution in [3.63, 3.8) is 0 Å². The number of alkyl halides is 1. The molecule has 102 valence electrons. The minimum atomic E-state index is -3.17. The fourth-order valence-electron chi connectivity index (χ4n) is 1.58. The van der Waals surface area contributed by atoms with E-state index in [4.69, 9.17) is 11.6 Å². The van der Waals surface area contributed by atoms with Crippen LogP contribution in [0.25, 0.3) is 0 Å². The highest BCUT2D eigenvalue weighted by Gasteiger charge is 2.17. The van der Waals surface area contributed by atoms with Crippen LogP contribution in [-0.2, 0) is 16.6 Å². The molecule has 0 aliphatic carbocycles. The van der Waals surface area contributed by atoms with Gasteiger partial charge in [0.05, 0.1) is 5.75 Å². The van der Waals surface area contributed by atoms with Gasteiger partial charge in [-0.25, -0.2) is 12.7 Å². The third kappa shape index (κ3) is 4.96. The maximum atomic E-state index is 12.0. The first kappa shape index (κ1) is 15.5. The van der Waals surface area contributed by atoms with Gasteiger partial charge in [-0.2, -0.15) is 0 Å². The molecule has 0 atom stereocenters. The lowest BCUT2D eigenvalue weighted by Gasteiger charge is -2.17. The molecule has 0 unspecified atom stereocenters. The van der Waals surface area contributed by atoms with Crippen LogP contribution in [0, 0.1) is 6.92 Å². The first-order chi connectivity index (χ1) is 8.45. The van der Waals surface area contributed by atoms with Gasteiger partial charge in [0.1, 0.15) is 0 Å². The van der Waals surface area contributed by atoms with E-state index in [1.807, 2.05) is 31.2 Å². The van der Waals surface area contributed by atoms with Crippen molar-refractivity contribution in [2.45, 2.75) is 26.3 Å². The van der Waals surface area contributed by atoms with Gasteiger partial charge in [0.15, 0.2) is 0 Å². The summed E-state index contributed by atoms with van der Waals surface area (Å²) in [5, 5.41) is 0. The molecule has 0 saturated carbocycles. The van der Waals surface area contributed by atoms with Crippen LogP contribution < -0.4 is 0 Å². The van der Waals surface area contributed by atoms with Gasteiger partial charge in [0, 0.05) is 19.5 Å². The van der Waals surface area contributed by atoms with Gasteiger partial charge in [-0.1, -0.05) is 29.8 Å². The molecule has 0 radical (unpaired) electrons. The Labute approximate surface area is 115 Å². The van der Waals surface area contributed by atoms with Gasteiger partial charge in [0.25, 0.3) is 0 Å². The number of unbranched alkanes of at least 4 members (excludes halogenated alkanes) is 1. The molecule has 1 aromatic carbocycles. The van der Waals surface area contributed by atoms with Crippen molar-refractivity contribution in [3.05, 3.63) is 35.4 Å². The van der Waals surface area contributed by atoms with Gasteiger partial charge >= 0.3 is 0 Å². The van der Waals surface area contributed by atoms with Gasteiger partial charge in [-0.15, -0.1) is 11.6 Å². The summed E-state index contributed by atoms with van der Waals surface area (Å²) in [5.74, 6) is 0.680. The highest BCUT2D eigenvalue weighted by atomic mass is 35.5. The third-order valence-corrected chi connectivity index (χ3v) is 4.94. The molecule has 0 bridgehead atoms. The first-order valence-electron chi connectivity index (χ1n) is 6.01. The number of hydrogen-bond acceptors (Lipinski definition) is 2. The Morgan fingerprint density at radius 2 is 1.78 bits per heavy atom. The van der Waals surface area contributed by atoms with Crippen LogP contribution in [0.3, 0.4) is 0 Å². The molecule has 18 heavy (non-hydrogen) atoms. The van der Waals surface area contributed by atoms with E-state index in [1.54, 1.807) is 7.05 Å². The van der Waals surface area contributed by atoms with Crippen molar-refractivity contribution in [1.29, 1.82) is 0 Å². The molecule has 0 spiro atoms. The van der Waals surface area contributed by atoms with E-state index in [0.29, 0.717) is 18.8 Å². The van der Waals surface area contributed by atoms with E-state index >= 15 is 0 Å². The molecule has 0 aromatic heterocycles. The lowest BCUT2D eigenvalue weighted by Crippen LogP contribution is -2.28. The number of rotatable bonds is 7. The summed E-state index contributed by atoms with van der Waals surface area (Å²) in [6.07, 6.45) is 1.35. The minimum absolute atomic E-state index is 0.169. The van der Waals surface area contributed by atoms with Crippen LogP contribution in [-0.4, -0.2) is 31.4 Å². The Kier molecular flexibility index (Phi) is 6.12. The molecule has 0 saturated heterocycles. The molecule has 0 aliphatic heterocycles. The van der Waals surface area contributed by atoms with E-state index in [9.17, 15) is 8.42 Å². The normalized spacial score (nSPS) is 12.0. The molecule has 0 fully saturated rings. The molecular weight excluding hydrogens is 270 g/mol. The smallest absolute Gasteiger partial charge is 0.212 e. The first-order valence-corrected chi connectivity index (χ1v) is 8.15. The van der Waals surface area contributed by atoms with Gasteiger partial charge in [-0.3, -0.25) is 0 Å². The molecule has 5 heteroatoms. The highest BCUT2D eigenvalue weighted by Crippen LogP contribution is 2.10. The molecular formula is C13H20ClNO2S. The van der Waals surface area contributed by atoms with Gasteiger partial charge < -0.3 is 0 Å². The number of halogens is 1. The van der Waals surface area contributed by atoms with E-state index in [0.717, 1.165) is 12.0 Å². The summed E-state index contributed by atoms with van der Waals surface area (Å²) in [7, 11) is -1.55. The number of hydrogen-bond donors (Lipinski definition) is 0. The SMILES string of the molecule is Cc1ccc(CN(C)S(=O)(=O)CCCCCl)cc1. The van der Waals surface area contributed by atoms with E-state index < -0.39 is 10.0 Å². The molecule has 1 aromatic rings. The largest absolute Gasteiger partial charge is 0.214 e. The summed E-state index contributed by atoms with van der Waals surface area (Å²) in [6, 6.07) is 7.90. The van der Waals surface area contributed by atoms with Gasteiger partial charge in [0.2, 0.25) is 10.0 Å². The Morgan fingerprint density at radius 3 is 2.33 bits per heavy atom. The zero-order valence-electron chi connectivity index (χ0n) is 10.9.